The molecule has 3 rings (SSSR count). The molecule has 0 bridgehead atoms. The fourth-order valence-electron chi connectivity index (χ4n) is 1.99. The van der Waals surface area contributed by atoms with Crippen LogP contribution in [0.15, 0.2) is 43.0 Å². The van der Waals surface area contributed by atoms with Gasteiger partial charge in [0.1, 0.15) is 5.65 Å². The van der Waals surface area contributed by atoms with Gasteiger partial charge < -0.3 is 4.40 Å². The summed E-state index contributed by atoms with van der Waals surface area (Å²) in [6.07, 6.45) is 7.79. The van der Waals surface area contributed by atoms with E-state index in [-0.39, 0.29) is 0 Å². The molecule has 0 unspecified atom stereocenters. The van der Waals surface area contributed by atoms with Gasteiger partial charge in [-0.15, -0.1) is 0 Å². The van der Waals surface area contributed by atoms with Crippen LogP contribution in [0.5, 0.6) is 0 Å². The van der Waals surface area contributed by atoms with Crippen molar-refractivity contribution >= 4 is 5.65 Å². The van der Waals surface area contributed by atoms with E-state index < -0.39 is 0 Å². The Balaban J connectivity index is 2.21. The zero-order valence-corrected chi connectivity index (χ0v) is 9.88. The average Bonchev–Trinajstić information content (AvgIpc) is 2.76. The number of hydrogen-bond donors (Lipinski definition) is 0. The van der Waals surface area contributed by atoms with Crippen molar-refractivity contribution < 1.29 is 0 Å². The Morgan fingerprint density at radius 2 is 2.00 bits per heavy atom. The lowest BCUT2D eigenvalue weighted by molar-refractivity contribution is 1.16. The van der Waals surface area contributed by atoms with Crippen LogP contribution in [0.4, 0.5) is 0 Å². The van der Waals surface area contributed by atoms with Gasteiger partial charge in [-0.05, 0) is 31.5 Å². The maximum absolute atomic E-state index is 4.34. The summed E-state index contributed by atoms with van der Waals surface area (Å²) in [6, 6.07) is 6.23. The van der Waals surface area contributed by atoms with Gasteiger partial charge in [-0.1, -0.05) is 6.07 Å². The Hall–Kier alpha value is -2.16. The molecule has 0 aliphatic heterocycles. The van der Waals surface area contributed by atoms with Crippen LogP contribution in [0.1, 0.15) is 11.3 Å². The largest absolute Gasteiger partial charge is 0.306 e. The highest BCUT2D eigenvalue weighted by molar-refractivity contribution is 5.68. The van der Waals surface area contributed by atoms with Gasteiger partial charge >= 0.3 is 0 Å². The minimum atomic E-state index is 0.978. The molecule has 0 spiro atoms. The molecule has 3 aromatic heterocycles. The first-order chi connectivity index (χ1) is 8.24. The van der Waals surface area contributed by atoms with Crippen LogP contribution in [0.3, 0.4) is 0 Å². The summed E-state index contributed by atoms with van der Waals surface area (Å²) in [7, 11) is 0. The Morgan fingerprint density at radius 3 is 2.76 bits per heavy atom. The summed E-state index contributed by atoms with van der Waals surface area (Å²) < 4.78 is 2.03. The smallest absolute Gasteiger partial charge is 0.136 e. The zero-order valence-electron chi connectivity index (χ0n) is 9.88. The van der Waals surface area contributed by atoms with Crippen LogP contribution < -0.4 is 0 Å². The molecule has 84 valence electrons. The first kappa shape index (κ1) is 10.0. The Labute approximate surface area is 99.8 Å². The third-order valence-corrected chi connectivity index (χ3v) is 2.96. The molecule has 0 saturated carbocycles. The predicted molar refractivity (Wildman–Crippen MR) is 67.9 cm³/mol. The molecule has 3 heteroatoms. The molecular formula is C14H13N3. The summed E-state index contributed by atoms with van der Waals surface area (Å²) in [5.74, 6) is 0. The number of aromatic nitrogens is 3. The number of rotatable bonds is 1. The fraction of sp³-hybridized carbons (Fsp3) is 0.143. The molecule has 3 aromatic rings. The van der Waals surface area contributed by atoms with Gasteiger partial charge in [-0.25, -0.2) is 4.98 Å². The van der Waals surface area contributed by atoms with Gasteiger partial charge in [-0.2, -0.15) is 0 Å². The minimum absolute atomic E-state index is 0.978. The van der Waals surface area contributed by atoms with Gasteiger partial charge in [0, 0.05) is 41.6 Å². The van der Waals surface area contributed by atoms with E-state index in [4.69, 9.17) is 0 Å². The number of aryl methyl sites for hydroxylation is 2. The molecule has 0 aliphatic rings. The molecule has 0 saturated heterocycles. The van der Waals surface area contributed by atoms with Crippen LogP contribution in [0, 0.1) is 13.8 Å². The monoisotopic (exact) mass is 223 g/mol. The lowest BCUT2D eigenvalue weighted by Gasteiger charge is -2.07. The number of imidazole rings is 1. The molecule has 17 heavy (non-hydrogen) atoms. The van der Waals surface area contributed by atoms with E-state index in [0.717, 1.165) is 16.9 Å². The normalized spacial score (nSPS) is 10.9. The summed E-state index contributed by atoms with van der Waals surface area (Å²) in [5.41, 5.74) is 5.57. The van der Waals surface area contributed by atoms with E-state index in [2.05, 4.69) is 35.2 Å². The lowest BCUT2D eigenvalue weighted by Crippen LogP contribution is -1.91. The van der Waals surface area contributed by atoms with Crippen LogP contribution in [-0.2, 0) is 0 Å². The standard InChI is InChI=1S/C14H13N3/c1-10-7-14-15-5-6-17(14)9-13(10)12-4-3-11(2)16-8-12/h3-9H,1-2H3. The SMILES string of the molecule is Cc1ccc(-c2cn3ccnc3cc2C)cn1. The van der Waals surface area contributed by atoms with Crippen molar-refractivity contribution in [2.75, 3.05) is 0 Å². The maximum Gasteiger partial charge on any atom is 0.136 e. The van der Waals surface area contributed by atoms with Gasteiger partial charge in [0.05, 0.1) is 0 Å². The van der Waals surface area contributed by atoms with Crippen LogP contribution in [0.2, 0.25) is 0 Å². The quantitative estimate of drug-likeness (QED) is 0.634. The number of pyridine rings is 2. The lowest BCUT2D eigenvalue weighted by atomic mass is 10.0. The van der Waals surface area contributed by atoms with Crippen LogP contribution >= 0.6 is 0 Å². The van der Waals surface area contributed by atoms with Crippen LogP contribution in [0.25, 0.3) is 16.8 Å². The van der Waals surface area contributed by atoms with Crippen molar-refractivity contribution in [3.05, 3.63) is 54.2 Å². The van der Waals surface area contributed by atoms with Crippen molar-refractivity contribution in [1.29, 1.82) is 0 Å². The topological polar surface area (TPSA) is 30.2 Å². The first-order valence-corrected chi connectivity index (χ1v) is 5.60. The fourth-order valence-corrected chi connectivity index (χ4v) is 1.99. The van der Waals surface area contributed by atoms with Crippen molar-refractivity contribution in [3.8, 4) is 11.1 Å². The summed E-state index contributed by atoms with van der Waals surface area (Å²) in [6.45, 7) is 4.10. The Kier molecular flexibility index (Phi) is 2.18. The van der Waals surface area contributed by atoms with Gasteiger partial charge in [-0.3, -0.25) is 4.98 Å². The van der Waals surface area contributed by atoms with Crippen molar-refractivity contribution in [2.45, 2.75) is 13.8 Å². The van der Waals surface area contributed by atoms with E-state index in [0.29, 0.717) is 0 Å². The minimum Gasteiger partial charge on any atom is -0.306 e. The summed E-state index contributed by atoms with van der Waals surface area (Å²) in [4.78, 5) is 8.62. The Bertz CT molecular complexity index is 666. The summed E-state index contributed by atoms with van der Waals surface area (Å²) in [5, 5.41) is 0. The van der Waals surface area contributed by atoms with Crippen molar-refractivity contribution in [1.82, 2.24) is 14.4 Å². The number of hydrogen-bond acceptors (Lipinski definition) is 2. The van der Waals surface area contributed by atoms with Gasteiger partial charge in [0.2, 0.25) is 0 Å². The molecule has 0 fully saturated rings. The highest BCUT2D eigenvalue weighted by Crippen LogP contribution is 2.23. The van der Waals surface area contributed by atoms with E-state index in [1.54, 1.807) is 0 Å². The van der Waals surface area contributed by atoms with Crippen molar-refractivity contribution in [3.63, 3.8) is 0 Å². The third kappa shape index (κ3) is 1.69. The molecule has 0 N–H and O–H groups in total. The second-order valence-corrected chi connectivity index (χ2v) is 4.25. The molecule has 3 nitrogen and oxygen atoms in total. The molecule has 0 amide bonds. The van der Waals surface area contributed by atoms with Gasteiger partial charge in [0.25, 0.3) is 0 Å². The van der Waals surface area contributed by atoms with E-state index in [1.165, 1.54) is 11.1 Å². The van der Waals surface area contributed by atoms with E-state index in [9.17, 15) is 0 Å². The van der Waals surface area contributed by atoms with Crippen LogP contribution in [-0.4, -0.2) is 14.4 Å². The zero-order chi connectivity index (χ0) is 11.8. The molecular weight excluding hydrogens is 210 g/mol. The first-order valence-electron chi connectivity index (χ1n) is 5.60. The maximum atomic E-state index is 4.34. The molecule has 3 heterocycles. The highest BCUT2D eigenvalue weighted by Gasteiger charge is 2.04. The average molecular weight is 223 g/mol. The summed E-state index contributed by atoms with van der Waals surface area (Å²) >= 11 is 0. The predicted octanol–water partition coefficient (Wildman–Crippen LogP) is 3.01. The van der Waals surface area contributed by atoms with Crippen molar-refractivity contribution in [2.24, 2.45) is 0 Å². The van der Waals surface area contributed by atoms with E-state index in [1.807, 2.05) is 36.0 Å². The molecule has 0 atom stereocenters. The van der Waals surface area contributed by atoms with E-state index >= 15 is 0 Å². The highest BCUT2D eigenvalue weighted by atomic mass is 15.0. The van der Waals surface area contributed by atoms with Gasteiger partial charge in [0.15, 0.2) is 0 Å². The molecule has 0 radical (unpaired) electrons. The number of nitrogens with zero attached hydrogens (tertiary/aromatic N) is 3. The molecule has 0 aromatic carbocycles. The third-order valence-electron chi connectivity index (χ3n) is 2.96. The second-order valence-electron chi connectivity index (χ2n) is 4.25. The Morgan fingerprint density at radius 1 is 1.12 bits per heavy atom. The molecule has 0 aliphatic carbocycles. The second kappa shape index (κ2) is 3.70. The number of fused-ring (bicyclic) bond motifs is 1.